The normalized spacial score (nSPS) is 10.0. The summed E-state index contributed by atoms with van der Waals surface area (Å²) in [6, 6.07) is 11.1. The van der Waals surface area contributed by atoms with Crippen LogP contribution in [-0.2, 0) is 0 Å². The quantitative estimate of drug-likeness (QED) is 0.791. The van der Waals surface area contributed by atoms with Crippen LogP contribution in [0.2, 0.25) is 0 Å². The van der Waals surface area contributed by atoms with Crippen LogP contribution < -0.4 is 11.5 Å². The Hall–Kier alpha value is -2.36. The molecule has 1 aromatic heterocycles. The lowest BCUT2D eigenvalue weighted by Crippen LogP contribution is -2.12. The molecule has 0 radical (unpaired) electrons. The molecule has 0 aliphatic heterocycles. The van der Waals surface area contributed by atoms with Crippen molar-refractivity contribution >= 4 is 11.6 Å². The molecule has 0 saturated heterocycles. The summed E-state index contributed by atoms with van der Waals surface area (Å²) in [6.45, 7) is 0. The number of nitrogens with zero attached hydrogens (tertiary/aromatic N) is 1. The van der Waals surface area contributed by atoms with Crippen molar-refractivity contribution in [3.63, 3.8) is 0 Å². The molecule has 2 aromatic rings. The van der Waals surface area contributed by atoms with Crippen LogP contribution in [-0.4, -0.2) is 10.9 Å². The zero-order valence-electron chi connectivity index (χ0n) is 8.55. The molecule has 0 fully saturated rings. The smallest absolute Gasteiger partial charge is 0.250 e. The number of carbonyl (C=O) groups excluding carboxylic acids is 1. The summed E-state index contributed by atoms with van der Waals surface area (Å²) in [7, 11) is 0. The van der Waals surface area contributed by atoms with Crippen molar-refractivity contribution in [2.45, 2.75) is 0 Å². The lowest BCUT2D eigenvalue weighted by atomic mass is 10.1. The minimum absolute atomic E-state index is 0.317. The van der Waals surface area contributed by atoms with Crippen molar-refractivity contribution in [3.05, 3.63) is 48.2 Å². The van der Waals surface area contributed by atoms with Crippen molar-refractivity contribution in [2.24, 2.45) is 5.73 Å². The minimum atomic E-state index is -0.529. The fourth-order valence-electron chi connectivity index (χ4n) is 1.45. The SMILES string of the molecule is NC(=O)c1cnc(-c2ccccc2)c(N)c1. The second kappa shape index (κ2) is 4.02. The molecule has 0 aliphatic carbocycles. The van der Waals surface area contributed by atoms with E-state index < -0.39 is 5.91 Å². The number of nitrogens with two attached hydrogens (primary N) is 2. The molecule has 1 amide bonds. The van der Waals surface area contributed by atoms with E-state index >= 15 is 0 Å². The first kappa shape index (κ1) is 10.2. The number of benzene rings is 1. The molecule has 4 nitrogen and oxygen atoms in total. The van der Waals surface area contributed by atoms with E-state index in [1.165, 1.54) is 12.3 Å². The third kappa shape index (κ3) is 1.86. The Balaban J connectivity index is 2.48. The van der Waals surface area contributed by atoms with Crippen LogP contribution in [0.3, 0.4) is 0 Å². The maximum Gasteiger partial charge on any atom is 0.250 e. The number of hydrogen-bond acceptors (Lipinski definition) is 3. The fourth-order valence-corrected chi connectivity index (χ4v) is 1.45. The lowest BCUT2D eigenvalue weighted by Gasteiger charge is -2.05. The van der Waals surface area contributed by atoms with Gasteiger partial charge in [0.05, 0.1) is 16.9 Å². The van der Waals surface area contributed by atoms with Crippen LogP contribution in [0.4, 0.5) is 5.69 Å². The number of anilines is 1. The monoisotopic (exact) mass is 213 g/mol. The molecule has 16 heavy (non-hydrogen) atoms. The second-order valence-corrected chi connectivity index (χ2v) is 3.39. The van der Waals surface area contributed by atoms with Crippen molar-refractivity contribution in [1.29, 1.82) is 0 Å². The number of rotatable bonds is 2. The maximum atomic E-state index is 10.9. The summed E-state index contributed by atoms with van der Waals surface area (Å²) in [4.78, 5) is 15.1. The van der Waals surface area contributed by atoms with E-state index in [0.29, 0.717) is 16.9 Å². The first-order valence-corrected chi connectivity index (χ1v) is 4.79. The number of hydrogen-bond donors (Lipinski definition) is 2. The Morgan fingerprint density at radius 1 is 1.19 bits per heavy atom. The summed E-state index contributed by atoms with van der Waals surface area (Å²) in [6.07, 6.45) is 1.43. The molecular formula is C12H11N3O. The van der Waals surface area contributed by atoms with E-state index in [-0.39, 0.29) is 0 Å². The highest BCUT2D eigenvalue weighted by Gasteiger charge is 2.07. The summed E-state index contributed by atoms with van der Waals surface area (Å²) in [5, 5.41) is 0. The van der Waals surface area contributed by atoms with Gasteiger partial charge in [0.2, 0.25) is 5.91 Å². The molecule has 1 heterocycles. The Labute approximate surface area is 92.9 Å². The van der Waals surface area contributed by atoms with Crippen LogP contribution in [0.5, 0.6) is 0 Å². The Bertz CT molecular complexity index is 523. The topological polar surface area (TPSA) is 82.0 Å². The third-order valence-corrected chi connectivity index (χ3v) is 2.25. The molecule has 0 bridgehead atoms. The first-order chi connectivity index (χ1) is 7.68. The van der Waals surface area contributed by atoms with Crippen LogP contribution >= 0.6 is 0 Å². The summed E-state index contributed by atoms with van der Waals surface area (Å²) < 4.78 is 0. The van der Waals surface area contributed by atoms with Gasteiger partial charge in [-0.2, -0.15) is 0 Å². The number of aromatic nitrogens is 1. The van der Waals surface area contributed by atoms with Crippen LogP contribution in [0.25, 0.3) is 11.3 Å². The van der Waals surface area contributed by atoms with Gasteiger partial charge in [-0.15, -0.1) is 0 Å². The second-order valence-electron chi connectivity index (χ2n) is 3.39. The van der Waals surface area contributed by atoms with Gasteiger partial charge in [0.1, 0.15) is 0 Å². The van der Waals surface area contributed by atoms with Crippen molar-refractivity contribution < 1.29 is 4.79 Å². The highest BCUT2D eigenvalue weighted by Crippen LogP contribution is 2.23. The number of amides is 1. The number of primary amides is 1. The highest BCUT2D eigenvalue weighted by molar-refractivity contribution is 5.94. The number of pyridine rings is 1. The van der Waals surface area contributed by atoms with Gasteiger partial charge in [0.15, 0.2) is 0 Å². The largest absolute Gasteiger partial charge is 0.397 e. The van der Waals surface area contributed by atoms with Gasteiger partial charge in [-0.25, -0.2) is 0 Å². The van der Waals surface area contributed by atoms with Gasteiger partial charge in [0, 0.05) is 11.8 Å². The Morgan fingerprint density at radius 2 is 1.88 bits per heavy atom. The molecule has 0 saturated carbocycles. The summed E-state index contributed by atoms with van der Waals surface area (Å²) >= 11 is 0. The predicted molar refractivity (Wildman–Crippen MR) is 62.6 cm³/mol. The average molecular weight is 213 g/mol. The molecule has 1 aromatic carbocycles. The molecule has 0 spiro atoms. The fraction of sp³-hybridized carbons (Fsp3) is 0. The third-order valence-electron chi connectivity index (χ3n) is 2.25. The maximum absolute atomic E-state index is 10.9. The Kier molecular flexibility index (Phi) is 2.55. The van der Waals surface area contributed by atoms with Gasteiger partial charge in [-0.1, -0.05) is 30.3 Å². The first-order valence-electron chi connectivity index (χ1n) is 4.79. The highest BCUT2D eigenvalue weighted by atomic mass is 16.1. The lowest BCUT2D eigenvalue weighted by molar-refractivity contribution is 0.1000. The Morgan fingerprint density at radius 3 is 2.44 bits per heavy atom. The number of carbonyl (C=O) groups is 1. The predicted octanol–water partition coefficient (Wildman–Crippen LogP) is 1.43. The zero-order chi connectivity index (χ0) is 11.5. The van der Waals surface area contributed by atoms with Crippen molar-refractivity contribution in [2.75, 3.05) is 5.73 Å². The molecule has 4 heteroatoms. The van der Waals surface area contributed by atoms with Gasteiger partial charge in [-0.3, -0.25) is 9.78 Å². The van der Waals surface area contributed by atoms with Crippen molar-refractivity contribution in [3.8, 4) is 11.3 Å². The van der Waals surface area contributed by atoms with Gasteiger partial charge in [0.25, 0.3) is 0 Å². The molecule has 2 rings (SSSR count). The summed E-state index contributed by atoms with van der Waals surface area (Å²) in [5.41, 5.74) is 13.3. The molecule has 0 aliphatic rings. The zero-order valence-corrected chi connectivity index (χ0v) is 8.55. The van der Waals surface area contributed by atoms with E-state index in [1.807, 2.05) is 30.3 Å². The van der Waals surface area contributed by atoms with Gasteiger partial charge >= 0.3 is 0 Å². The molecule has 0 unspecified atom stereocenters. The standard InChI is InChI=1S/C12H11N3O/c13-10-6-9(12(14)16)7-15-11(10)8-4-2-1-3-5-8/h1-7H,13H2,(H2,14,16). The van der Waals surface area contributed by atoms with E-state index in [2.05, 4.69) is 4.98 Å². The van der Waals surface area contributed by atoms with Crippen molar-refractivity contribution in [1.82, 2.24) is 4.98 Å². The van der Waals surface area contributed by atoms with Crippen LogP contribution in [0.15, 0.2) is 42.6 Å². The van der Waals surface area contributed by atoms with Gasteiger partial charge < -0.3 is 11.5 Å². The van der Waals surface area contributed by atoms with Gasteiger partial charge in [-0.05, 0) is 6.07 Å². The molecule has 0 atom stereocenters. The van der Waals surface area contributed by atoms with E-state index in [4.69, 9.17) is 11.5 Å². The summed E-state index contributed by atoms with van der Waals surface area (Å²) in [5.74, 6) is -0.529. The van der Waals surface area contributed by atoms with Crippen LogP contribution in [0, 0.1) is 0 Å². The van der Waals surface area contributed by atoms with E-state index in [1.54, 1.807) is 0 Å². The molecule has 80 valence electrons. The average Bonchev–Trinajstić information content (AvgIpc) is 2.30. The molecule has 4 N–H and O–H groups in total. The number of nitrogen functional groups attached to an aromatic ring is 1. The van der Waals surface area contributed by atoms with E-state index in [0.717, 1.165) is 5.56 Å². The van der Waals surface area contributed by atoms with E-state index in [9.17, 15) is 4.79 Å². The van der Waals surface area contributed by atoms with Crippen LogP contribution in [0.1, 0.15) is 10.4 Å². The minimum Gasteiger partial charge on any atom is -0.397 e. The molecular weight excluding hydrogens is 202 g/mol.